The van der Waals surface area contributed by atoms with Gasteiger partial charge in [0.2, 0.25) is 0 Å². The predicted molar refractivity (Wildman–Crippen MR) is 70.6 cm³/mol. The molecule has 3 nitrogen and oxygen atoms in total. The molecule has 1 N–H and O–H groups in total. The number of hydrogen-bond donors (Lipinski definition) is 1. The molecule has 2 saturated carbocycles. The molecule has 0 aromatic heterocycles. The van der Waals surface area contributed by atoms with Crippen molar-refractivity contribution >= 4 is 5.97 Å². The molecule has 24 heavy (non-hydrogen) atoms. The first-order valence-electron chi connectivity index (χ1n) is 7.20. The highest BCUT2D eigenvalue weighted by atomic mass is 19.4. The molecule has 136 valence electrons. The smallest absolute Gasteiger partial charge is 0.426 e. The summed E-state index contributed by atoms with van der Waals surface area (Å²) in [7, 11) is 0. The number of aliphatic hydroxyl groups is 1. The van der Waals surface area contributed by atoms with Gasteiger partial charge in [-0.2, -0.15) is 26.3 Å². The van der Waals surface area contributed by atoms with E-state index in [1.165, 1.54) is 0 Å². The summed E-state index contributed by atoms with van der Waals surface area (Å²) in [6.45, 7) is 6.43. The van der Waals surface area contributed by atoms with Crippen molar-refractivity contribution in [2.45, 2.75) is 37.2 Å². The molecule has 0 radical (unpaired) electrons. The van der Waals surface area contributed by atoms with Crippen LogP contribution < -0.4 is 0 Å². The lowest BCUT2D eigenvalue weighted by Crippen LogP contribution is -2.57. The third-order valence-electron chi connectivity index (χ3n) is 4.86. The van der Waals surface area contributed by atoms with Gasteiger partial charge in [-0.1, -0.05) is 13.2 Å². The fraction of sp³-hybridized carbons (Fsp3) is 0.667. The summed E-state index contributed by atoms with van der Waals surface area (Å²) in [6.07, 6.45) is -12.6. The summed E-state index contributed by atoms with van der Waals surface area (Å²) < 4.78 is 79.6. The van der Waals surface area contributed by atoms with Crippen LogP contribution in [0.4, 0.5) is 26.3 Å². The molecule has 0 aromatic rings. The minimum atomic E-state index is -5.92. The summed E-state index contributed by atoms with van der Waals surface area (Å²) in [6, 6.07) is 0. The van der Waals surface area contributed by atoms with Gasteiger partial charge in [-0.15, -0.1) is 0 Å². The van der Waals surface area contributed by atoms with E-state index in [0.29, 0.717) is 18.4 Å². The standard InChI is InChI=1S/C15H16F6O3/c1-7-8(2)10-5-9(7)6-11(10)12(22)24-4-3-13(23,14(16,17)18)15(19,20)21/h9-11,23H,1-6H2. The van der Waals surface area contributed by atoms with Crippen LogP contribution in [0.3, 0.4) is 0 Å². The zero-order chi connectivity index (χ0) is 18.5. The number of rotatable bonds is 4. The van der Waals surface area contributed by atoms with Crippen LogP contribution in [0.15, 0.2) is 24.3 Å². The van der Waals surface area contributed by atoms with Gasteiger partial charge in [-0.05, 0) is 35.8 Å². The molecule has 0 saturated heterocycles. The van der Waals surface area contributed by atoms with E-state index in [0.717, 1.165) is 5.57 Å². The van der Waals surface area contributed by atoms with Crippen molar-refractivity contribution in [1.82, 2.24) is 0 Å². The molecule has 0 amide bonds. The number of fused-ring (bicyclic) bond motifs is 2. The second kappa shape index (κ2) is 5.79. The van der Waals surface area contributed by atoms with Gasteiger partial charge in [0.25, 0.3) is 5.60 Å². The second-order valence-corrected chi connectivity index (χ2v) is 6.21. The van der Waals surface area contributed by atoms with Gasteiger partial charge in [-0.3, -0.25) is 4.79 Å². The third kappa shape index (κ3) is 2.94. The Morgan fingerprint density at radius 2 is 1.62 bits per heavy atom. The molecule has 0 aromatic carbocycles. The molecule has 0 aliphatic heterocycles. The lowest BCUT2D eigenvalue weighted by Gasteiger charge is -2.32. The fourth-order valence-corrected chi connectivity index (χ4v) is 3.32. The Kier molecular flexibility index (Phi) is 4.54. The molecule has 3 atom stereocenters. The van der Waals surface area contributed by atoms with E-state index in [1.807, 2.05) is 0 Å². The largest absolute Gasteiger partial charge is 0.465 e. The Morgan fingerprint density at radius 1 is 1.08 bits per heavy atom. The second-order valence-electron chi connectivity index (χ2n) is 6.21. The number of ether oxygens (including phenoxy) is 1. The molecule has 2 rings (SSSR count). The van der Waals surface area contributed by atoms with E-state index in [4.69, 9.17) is 5.11 Å². The monoisotopic (exact) mass is 358 g/mol. The van der Waals surface area contributed by atoms with Crippen LogP contribution >= 0.6 is 0 Å². The first-order valence-corrected chi connectivity index (χ1v) is 7.20. The van der Waals surface area contributed by atoms with Crippen LogP contribution in [0.5, 0.6) is 0 Å². The van der Waals surface area contributed by atoms with Gasteiger partial charge < -0.3 is 9.84 Å². The van der Waals surface area contributed by atoms with Gasteiger partial charge >= 0.3 is 18.3 Å². The molecule has 2 aliphatic carbocycles. The van der Waals surface area contributed by atoms with Crippen LogP contribution in [-0.2, 0) is 9.53 Å². The Bertz CT molecular complexity index is 549. The van der Waals surface area contributed by atoms with Gasteiger partial charge in [0.1, 0.15) is 0 Å². The van der Waals surface area contributed by atoms with E-state index in [2.05, 4.69) is 17.9 Å². The van der Waals surface area contributed by atoms with Crippen molar-refractivity contribution in [1.29, 1.82) is 0 Å². The lowest BCUT2D eigenvalue weighted by atomic mass is 9.83. The first kappa shape index (κ1) is 18.8. The summed E-state index contributed by atoms with van der Waals surface area (Å²) >= 11 is 0. The van der Waals surface area contributed by atoms with Crippen LogP contribution in [-0.4, -0.2) is 35.6 Å². The van der Waals surface area contributed by atoms with Crippen molar-refractivity contribution in [3.05, 3.63) is 24.3 Å². The van der Waals surface area contributed by atoms with Gasteiger partial charge in [0.15, 0.2) is 0 Å². The summed E-state index contributed by atoms with van der Waals surface area (Å²) in [5.74, 6) is -1.71. The van der Waals surface area contributed by atoms with Crippen LogP contribution in [0, 0.1) is 17.8 Å². The molecule has 2 fully saturated rings. The number of alkyl halides is 6. The number of hydrogen-bond acceptors (Lipinski definition) is 3. The topological polar surface area (TPSA) is 46.5 Å². The van der Waals surface area contributed by atoms with Crippen molar-refractivity contribution in [2.24, 2.45) is 17.8 Å². The molecule has 9 heteroatoms. The summed E-state index contributed by atoms with van der Waals surface area (Å²) in [5, 5.41) is 8.98. The maximum atomic E-state index is 12.5. The van der Waals surface area contributed by atoms with Crippen molar-refractivity contribution < 1.29 is 41.0 Å². The van der Waals surface area contributed by atoms with Crippen molar-refractivity contribution in [2.75, 3.05) is 6.61 Å². The molecule has 0 spiro atoms. The number of carbonyl (C=O) groups excluding carboxylic acids is 1. The van der Waals surface area contributed by atoms with E-state index in [-0.39, 0.29) is 11.8 Å². The quantitative estimate of drug-likeness (QED) is 0.618. The normalized spacial score (nSPS) is 27.7. The van der Waals surface area contributed by atoms with Crippen molar-refractivity contribution in [3.8, 4) is 0 Å². The molecular formula is C15H16F6O3. The molecule has 2 bridgehead atoms. The highest BCUT2D eigenvalue weighted by Crippen LogP contribution is 2.54. The molecule has 2 aliphatic rings. The van der Waals surface area contributed by atoms with E-state index in [1.54, 1.807) is 0 Å². The van der Waals surface area contributed by atoms with Crippen LogP contribution in [0.1, 0.15) is 19.3 Å². The molecular weight excluding hydrogens is 342 g/mol. The Labute approximate surface area is 134 Å². The summed E-state index contributed by atoms with van der Waals surface area (Å²) in [5.41, 5.74) is -3.41. The maximum Gasteiger partial charge on any atom is 0.426 e. The molecule has 3 unspecified atom stereocenters. The minimum Gasteiger partial charge on any atom is -0.465 e. The minimum absolute atomic E-state index is 0.0438. The highest BCUT2D eigenvalue weighted by Gasteiger charge is 2.70. The van der Waals surface area contributed by atoms with Gasteiger partial charge in [0.05, 0.1) is 12.5 Å². The predicted octanol–water partition coefficient (Wildman–Crippen LogP) is 3.54. The maximum absolute atomic E-state index is 12.5. The average molecular weight is 358 g/mol. The van der Waals surface area contributed by atoms with E-state index < -0.39 is 42.9 Å². The zero-order valence-electron chi connectivity index (χ0n) is 12.5. The Balaban J connectivity index is 1.95. The first-order chi connectivity index (χ1) is 10.8. The van der Waals surface area contributed by atoms with Crippen LogP contribution in [0.2, 0.25) is 0 Å². The lowest BCUT2D eigenvalue weighted by molar-refractivity contribution is -0.371. The number of carbonyl (C=O) groups is 1. The highest BCUT2D eigenvalue weighted by molar-refractivity contribution is 5.75. The summed E-state index contributed by atoms with van der Waals surface area (Å²) in [4.78, 5) is 11.9. The number of esters is 1. The van der Waals surface area contributed by atoms with Crippen LogP contribution in [0.25, 0.3) is 0 Å². The van der Waals surface area contributed by atoms with E-state index in [9.17, 15) is 31.1 Å². The zero-order valence-corrected chi connectivity index (χ0v) is 12.5. The number of halogens is 6. The number of allylic oxidation sites excluding steroid dienone is 2. The fourth-order valence-electron chi connectivity index (χ4n) is 3.32. The third-order valence-corrected chi connectivity index (χ3v) is 4.86. The SMILES string of the molecule is C=C1C(=C)C2CC1CC2C(=O)OCCC(O)(C(F)(F)F)C(F)(F)F. The Hall–Kier alpha value is -1.51. The average Bonchev–Trinajstić information content (AvgIpc) is 2.97. The Morgan fingerprint density at radius 3 is 2.04 bits per heavy atom. The van der Waals surface area contributed by atoms with Gasteiger partial charge in [0, 0.05) is 6.42 Å². The van der Waals surface area contributed by atoms with E-state index >= 15 is 0 Å². The molecule has 0 heterocycles. The van der Waals surface area contributed by atoms with Crippen molar-refractivity contribution in [3.63, 3.8) is 0 Å². The van der Waals surface area contributed by atoms with Gasteiger partial charge in [-0.25, -0.2) is 0 Å².